The van der Waals surface area contributed by atoms with Gasteiger partial charge in [-0.15, -0.1) is 0 Å². The molecule has 4 heteroatoms. The molecule has 0 saturated carbocycles. The highest BCUT2D eigenvalue weighted by atomic mass is 32.2. The van der Waals surface area contributed by atoms with E-state index in [4.69, 9.17) is 4.18 Å². The average Bonchev–Trinajstić information content (AvgIpc) is 2.26. The summed E-state index contributed by atoms with van der Waals surface area (Å²) in [5, 5.41) is 0. The Kier molecular flexibility index (Phi) is 4.29. The highest BCUT2D eigenvalue weighted by Crippen LogP contribution is 2.18. The van der Waals surface area contributed by atoms with Gasteiger partial charge in [-0.3, -0.25) is 4.18 Å². The van der Waals surface area contributed by atoms with Crippen LogP contribution in [0.5, 0.6) is 0 Å². The van der Waals surface area contributed by atoms with Crippen LogP contribution in [-0.4, -0.2) is 15.0 Å². The van der Waals surface area contributed by atoms with E-state index in [-0.39, 0.29) is 6.61 Å². The molecule has 0 aliphatic heterocycles. The molecular formula is C11H16O3S. The summed E-state index contributed by atoms with van der Waals surface area (Å²) in [5.74, 6) is 0. The van der Waals surface area contributed by atoms with Crippen LogP contribution in [-0.2, 0) is 20.7 Å². The SMILES string of the molecule is CCCOS(=O)(=O)c1ccccc1CC. The van der Waals surface area contributed by atoms with Gasteiger partial charge in [-0.25, -0.2) is 0 Å². The highest BCUT2D eigenvalue weighted by molar-refractivity contribution is 7.86. The molecule has 0 bridgehead atoms. The standard InChI is InChI=1S/C11H16O3S/c1-3-9-14-15(12,13)11-8-6-5-7-10(11)4-2/h5-8H,3-4,9H2,1-2H3. The lowest BCUT2D eigenvalue weighted by molar-refractivity contribution is 0.317. The van der Waals surface area contributed by atoms with Crippen molar-refractivity contribution in [2.24, 2.45) is 0 Å². The fraction of sp³-hybridized carbons (Fsp3) is 0.455. The summed E-state index contributed by atoms with van der Waals surface area (Å²) in [4.78, 5) is 0.293. The summed E-state index contributed by atoms with van der Waals surface area (Å²) in [5.41, 5.74) is 0.800. The monoisotopic (exact) mass is 228 g/mol. The Balaban J connectivity index is 3.04. The largest absolute Gasteiger partial charge is 0.297 e. The maximum Gasteiger partial charge on any atom is 0.297 e. The lowest BCUT2D eigenvalue weighted by Crippen LogP contribution is -2.09. The van der Waals surface area contributed by atoms with Crippen molar-refractivity contribution in [1.29, 1.82) is 0 Å². The summed E-state index contributed by atoms with van der Waals surface area (Å²) in [6.07, 6.45) is 1.37. The molecule has 3 nitrogen and oxygen atoms in total. The molecule has 0 aliphatic rings. The maximum atomic E-state index is 11.7. The van der Waals surface area contributed by atoms with Gasteiger partial charge in [0.2, 0.25) is 0 Å². The molecule has 15 heavy (non-hydrogen) atoms. The summed E-state index contributed by atoms with van der Waals surface area (Å²) >= 11 is 0. The van der Waals surface area contributed by atoms with Gasteiger partial charge in [0.15, 0.2) is 0 Å². The van der Waals surface area contributed by atoms with E-state index in [1.807, 2.05) is 26.0 Å². The smallest absolute Gasteiger partial charge is 0.266 e. The quantitative estimate of drug-likeness (QED) is 0.727. The van der Waals surface area contributed by atoms with Crippen LogP contribution < -0.4 is 0 Å². The van der Waals surface area contributed by atoms with Crippen LogP contribution in [0, 0.1) is 0 Å². The molecule has 0 unspecified atom stereocenters. The van der Waals surface area contributed by atoms with Gasteiger partial charge in [-0.1, -0.05) is 32.0 Å². The maximum absolute atomic E-state index is 11.7. The van der Waals surface area contributed by atoms with Crippen LogP contribution in [0.3, 0.4) is 0 Å². The van der Waals surface area contributed by atoms with Crippen molar-refractivity contribution >= 4 is 10.1 Å². The number of rotatable bonds is 5. The molecule has 0 aromatic heterocycles. The average molecular weight is 228 g/mol. The van der Waals surface area contributed by atoms with E-state index < -0.39 is 10.1 Å². The molecule has 0 aliphatic carbocycles. The fourth-order valence-electron chi connectivity index (χ4n) is 1.30. The normalized spacial score (nSPS) is 11.6. The molecule has 0 amide bonds. The second-order valence-electron chi connectivity index (χ2n) is 3.24. The van der Waals surface area contributed by atoms with Crippen molar-refractivity contribution in [3.8, 4) is 0 Å². The third-order valence-electron chi connectivity index (χ3n) is 2.07. The molecule has 84 valence electrons. The van der Waals surface area contributed by atoms with Gasteiger partial charge in [-0.2, -0.15) is 8.42 Å². The minimum atomic E-state index is -3.57. The zero-order valence-corrected chi connectivity index (χ0v) is 9.88. The van der Waals surface area contributed by atoms with E-state index in [9.17, 15) is 8.42 Å². The number of hydrogen-bond donors (Lipinski definition) is 0. The van der Waals surface area contributed by atoms with Crippen LogP contribution >= 0.6 is 0 Å². The Morgan fingerprint density at radius 3 is 2.47 bits per heavy atom. The second-order valence-corrected chi connectivity index (χ2v) is 4.82. The zero-order valence-electron chi connectivity index (χ0n) is 9.06. The number of hydrogen-bond acceptors (Lipinski definition) is 3. The Bertz CT molecular complexity index is 410. The first-order chi connectivity index (χ1) is 7.11. The van der Waals surface area contributed by atoms with Crippen LogP contribution in [0.4, 0.5) is 0 Å². The Morgan fingerprint density at radius 2 is 1.87 bits per heavy atom. The molecule has 0 spiro atoms. The third kappa shape index (κ3) is 3.04. The summed E-state index contributed by atoms with van der Waals surface area (Å²) < 4.78 is 28.4. The van der Waals surface area contributed by atoms with Crippen LogP contribution in [0.15, 0.2) is 29.2 Å². The molecule has 0 radical (unpaired) electrons. The predicted octanol–water partition coefficient (Wildman–Crippen LogP) is 2.36. The summed E-state index contributed by atoms with van der Waals surface area (Å²) in [7, 11) is -3.57. The topological polar surface area (TPSA) is 43.4 Å². The summed E-state index contributed by atoms with van der Waals surface area (Å²) in [6, 6.07) is 6.94. The molecule has 0 N–H and O–H groups in total. The molecule has 0 atom stereocenters. The minimum absolute atomic E-state index is 0.236. The van der Waals surface area contributed by atoms with Crippen molar-refractivity contribution < 1.29 is 12.6 Å². The first-order valence-electron chi connectivity index (χ1n) is 5.09. The lowest BCUT2D eigenvalue weighted by Gasteiger charge is -2.08. The molecule has 0 saturated heterocycles. The van der Waals surface area contributed by atoms with Gasteiger partial charge in [0.05, 0.1) is 11.5 Å². The molecule has 1 aromatic carbocycles. The van der Waals surface area contributed by atoms with Crippen molar-refractivity contribution in [1.82, 2.24) is 0 Å². The van der Waals surface area contributed by atoms with Crippen LogP contribution in [0.1, 0.15) is 25.8 Å². The van der Waals surface area contributed by atoms with Crippen molar-refractivity contribution in [2.45, 2.75) is 31.6 Å². The van der Waals surface area contributed by atoms with Crippen LogP contribution in [0.25, 0.3) is 0 Å². The van der Waals surface area contributed by atoms with E-state index >= 15 is 0 Å². The van der Waals surface area contributed by atoms with Crippen molar-refractivity contribution in [3.63, 3.8) is 0 Å². The highest BCUT2D eigenvalue weighted by Gasteiger charge is 2.17. The Morgan fingerprint density at radius 1 is 1.20 bits per heavy atom. The van der Waals surface area contributed by atoms with Gasteiger partial charge in [0.1, 0.15) is 0 Å². The molecular weight excluding hydrogens is 212 g/mol. The van der Waals surface area contributed by atoms with Crippen molar-refractivity contribution in [2.75, 3.05) is 6.61 Å². The minimum Gasteiger partial charge on any atom is -0.266 e. The summed E-state index contributed by atoms with van der Waals surface area (Å²) in [6.45, 7) is 4.04. The first kappa shape index (κ1) is 12.2. The fourth-order valence-corrected chi connectivity index (χ4v) is 2.59. The van der Waals surface area contributed by atoms with E-state index in [0.29, 0.717) is 17.7 Å². The van der Waals surface area contributed by atoms with Gasteiger partial charge in [0, 0.05) is 0 Å². The predicted molar refractivity (Wildman–Crippen MR) is 59.2 cm³/mol. The Labute approximate surface area is 91.2 Å². The van der Waals surface area contributed by atoms with E-state index in [1.54, 1.807) is 12.1 Å². The van der Waals surface area contributed by atoms with E-state index in [1.165, 1.54) is 0 Å². The van der Waals surface area contributed by atoms with Gasteiger partial charge < -0.3 is 0 Å². The van der Waals surface area contributed by atoms with Gasteiger partial charge >= 0.3 is 0 Å². The van der Waals surface area contributed by atoms with Gasteiger partial charge in [-0.05, 0) is 24.5 Å². The lowest BCUT2D eigenvalue weighted by atomic mass is 10.2. The molecule has 0 fully saturated rings. The first-order valence-corrected chi connectivity index (χ1v) is 6.50. The molecule has 1 aromatic rings. The van der Waals surface area contributed by atoms with Crippen LogP contribution in [0.2, 0.25) is 0 Å². The van der Waals surface area contributed by atoms with Gasteiger partial charge in [0.25, 0.3) is 10.1 Å². The number of benzene rings is 1. The molecule has 0 heterocycles. The molecule has 1 rings (SSSR count). The third-order valence-corrected chi connectivity index (χ3v) is 3.48. The van der Waals surface area contributed by atoms with Crippen molar-refractivity contribution in [3.05, 3.63) is 29.8 Å². The van der Waals surface area contributed by atoms with E-state index in [0.717, 1.165) is 5.56 Å². The zero-order chi connectivity index (χ0) is 11.3. The Hall–Kier alpha value is -0.870. The van der Waals surface area contributed by atoms with E-state index in [2.05, 4.69) is 0 Å². The number of aryl methyl sites for hydroxylation is 1. The second kappa shape index (κ2) is 5.28.